The summed E-state index contributed by atoms with van der Waals surface area (Å²) in [6.07, 6.45) is 0. The third-order valence-corrected chi connectivity index (χ3v) is 2.84. The minimum Gasteiger partial charge on any atom is -0.299 e. The van der Waals surface area contributed by atoms with Gasteiger partial charge in [-0.2, -0.15) is 0 Å². The molecule has 0 saturated heterocycles. The van der Waals surface area contributed by atoms with Crippen LogP contribution in [-0.2, 0) is 7.05 Å². The maximum atomic E-state index is 11.9. The van der Waals surface area contributed by atoms with E-state index in [2.05, 4.69) is 4.98 Å². The summed E-state index contributed by atoms with van der Waals surface area (Å²) >= 11 is 11.8. The molecular weight excluding hydrogens is 235 g/mol. The first-order chi connectivity index (χ1) is 7.00. The summed E-state index contributed by atoms with van der Waals surface area (Å²) in [6.45, 7) is 1.76. The van der Waals surface area contributed by atoms with Gasteiger partial charge in [0.15, 0.2) is 0 Å². The van der Waals surface area contributed by atoms with E-state index in [1.165, 1.54) is 4.57 Å². The predicted molar refractivity (Wildman–Crippen MR) is 61.7 cm³/mol. The summed E-state index contributed by atoms with van der Waals surface area (Å²) < 4.78 is 1.46. The van der Waals surface area contributed by atoms with Crippen molar-refractivity contribution in [2.75, 3.05) is 0 Å². The van der Waals surface area contributed by atoms with E-state index in [1.54, 1.807) is 26.1 Å². The number of nitrogens with zero attached hydrogens (tertiary/aromatic N) is 2. The fraction of sp³-hybridized carbons (Fsp3) is 0.200. The first-order valence-electron chi connectivity index (χ1n) is 4.33. The van der Waals surface area contributed by atoms with Gasteiger partial charge in [0.05, 0.1) is 15.9 Å². The zero-order chi connectivity index (χ0) is 11.2. The van der Waals surface area contributed by atoms with Gasteiger partial charge in [0.1, 0.15) is 5.82 Å². The third kappa shape index (κ3) is 1.62. The van der Waals surface area contributed by atoms with Gasteiger partial charge < -0.3 is 0 Å². The maximum absolute atomic E-state index is 11.9. The molecule has 0 saturated carbocycles. The largest absolute Gasteiger partial charge is 0.299 e. The molecule has 0 amide bonds. The van der Waals surface area contributed by atoms with Crippen molar-refractivity contribution in [2.24, 2.45) is 7.05 Å². The highest BCUT2D eigenvalue weighted by atomic mass is 35.5. The number of aromatic nitrogens is 2. The number of hydrogen-bond acceptors (Lipinski definition) is 2. The van der Waals surface area contributed by atoms with E-state index in [1.807, 2.05) is 0 Å². The minimum atomic E-state index is -0.154. The molecule has 0 unspecified atom stereocenters. The highest BCUT2D eigenvalue weighted by molar-refractivity contribution is 6.38. The third-order valence-electron chi connectivity index (χ3n) is 2.32. The van der Waals surface area contributed by atoms with Crippen molar-refractivity contribution in [3.8, 4) is 0 Å². The first kappa shape index (κ1) is 10.5. The standard InChI is InChI=1S/C10H8Cl2N2O/c1-5-13-8-4-6(11)3-7(12)9(8)10(15)14(5)2/h3-4H,1-2H3. The average molecular weight is 243 g/mol. The zero-order valence-electron chi connectivity index (χ0n) is 8.21. The lowest BCUT2D eigenvalue weighted by molar-refractivity contribution is 0.792. The van der Waals surface area contributed by atoms with Crippen molar-refractivity contribution in [1.82, 2.24) is 9.55 Å². The molecule has 15 heavy (non-hydrogen) atoms. The van der Waals surface area contributed by atoms with Gasteiger partial charge in [-0.1, -0.05) is 23.2 Å². The van der Waals surface area contributed by atoms with Crippen LogP contribution in [0.4, 0.5) is 0 Å². The van der Waals surface area contributed by atoms with Crippen molar-refractivity contribution in [3.05, 3.63) is 38.4 Å². The number of fused-ring (bicyclic) bond motifs is 1. The molecule has 0 aliphatic rings. The molecule has 0 atom stereocenters. The maximum Gasteiger partial charge on any atom is 0.262 e. The number of halogens is 2. The van der Waals surface area contributed by atoms with Crippen LogP contribution < -0.4 is 5.56 Å². The monoisotopic (exact) mass is 242 g/mol. The molecular formula is C10H8Cl2N2O. The summed E-state index contributed by atoms with van der Waals surface area (Å²) in [7, 11) is 1.66. The Morgan fingerprint density at radius 3 is 2.67 bits per heavy atom. The van der Waals surface area contributed by atoms with Gasteiger partial charge in [-0.15, -0.1) is 0 Å². The number of benzene rings is 1. The lowest BCUT2D eigenvalue weighted by atomic mass is 10.2. The molecule has 1 heterocycles. The molecule has 1 aromatic carbocycles. The van der Waals surface area contributed by atoms with Crippen LogP contribution in [0.15, 0.2) is 16.9 Å². The topological polar surface area (TPSA) is 34.9 Å². The normalized spacial score (nSPS) is 10.9. The second-order valence-electron chi connectivity index (χ2n) is 3.30. The van der Waals surface area contributed by atoms with Crippen LogP contribution in [0.3, 0.4) is 0 Å². The van der Waals surface area contributed by atoms with Crippen LogP contribution in [0.25, 0.3) is 10.9 Å². The molecule has 0 bridgehead atoms. The van der Waals surface area contributed by atoms with Crippen LogP contribution in [0, 0.1) is 6.92 Å². The van der Waals surface area contributed by atoms with Gasteiger partial charge in [0.25, 0.3) is 5.56 Å². The lowest BCUT2D eigenvalue weighted by Gasteiger charge is -2.06. The van der Waals surface area contributed by atoms with Gasteiger partial charge in [-0.25, -0.2) is 4.98 Å². The summed E-state index contributed by atoms with van der Waals surface area (Å²) in [5.74, 6) is 0.630. The Balaban J connectivity index is 3.06. The van der Waals surface area contributed by atoms with E-state index in [4.69, 9.17) is 23.2 Å². The van der Waals surface area contributed by atoms with E-state index in [9.17, 15) is 4.79 Å². The zero-order valence-corrected chi connectivity index (χ0v) is 9.73. The van der Waals surface area contributed by atoms with Crippen molar-refractivity contribution in [3.63, 3.8) is 0 Å². The van der Waals surface area contributed by atoms with E-state index in [-0.39, 0.29) is 5.56 Å². The summed E-state index contributed by atoms with van der Waals surface area (Å²) in [5.41, 5.74) is 0.382. The van der Waals surface area contributed by atoms with E-state index >= 15 is 0 Å². The van der Waals surface area contributed by atoms with Crippen molar-refractivity contribution in [2.45, 2.75) is 6.92 Å². The van der Waals surface area contributed by atoms with Gasteiger partial charge in [-0.3, -0.25) is 9.36 Å². The molecule has 0 aliphatic carbocycles. The van der Waals surface area contributed by atoms with Gasteiger partial charge >= 0.3 is 0 Å². The van der Waals surface area contributed by atoms with Crippen LogP contribution in [0.1, 0.15) is 5.82 Å². The Morgan fingerprint density at radius 2 is 2.00 bits per heavy atom. The molecule has 0 radical (unpaired) electrons. The Bertz CT molecular complexity index is 604. The molecule has 3 nitrogen and oxygen atoms in total. The fourth-order valence-electron chi connectivity index (χ4n) is 1.42. The fourth-order valence-corrected chi connectivity index (χ4v) is 1.99. The predicted octanol–water partition coefficient (Wildman–Crippen LogP) is 2.55. The summed E-state index contributed by atoms with van der Waals surface area (Å²) in [4.78, 5) is 16.1. The Kier molecular flexibility index (Phi) is 2.44. The second-order valence-corrected chi connectivity index (χ2v) is 4.15. The molecule has 2 aromatic rings. The number of hydrogen-bond donors (Lipinski definition) is 0. The Labute approximate surface area is 96.3 Å². The highest BCUT2D eigenvalue weighted by Gasteiger charge is 2.09. The van der Waals surface area contributed by atoms with Crippen molar-refractivity contribution >= 4 is 34.1 Å². The highest BCUT2D eigenvalue weighted by Crippen LogP contribution is 2.24. The van der Waals surface area contributed by atoms with Crippen molar-refractivity contribution in [1.29, 1.82) is 0 Å². The van der Waals surface area contributed by atoms with Gasteiger partial charge in [0, 0.05) is 12.1 Å². The molecule has 5 heteroatoms. The van der Waals surface area contributed by atoms with Gasteiger partial charge in [-0.05, 0) is 19.1 Å². The molecule has 0 N–H and O–H groups in total. The molecule has 0 fully saturated rings. The molecule has 1 aromatic heterocycles. The van der Waals surface area contributed by atoms with E-state index in [0.717, 1.165) is 0 Å². The van der Waals surface area contributed by atoms with Crippen LogP contribution in [-0.4, -0.2) is 9.55 Å². The van der Waals surface area contributed by atoms with Crippen molar-refractivity contribution < 1.29 is 0 Å². The smallest absolute Gasteiger partial charge is 0.262 e. The minimum absolute atomic E-state index is 0.154. The Morgan fingerprint density at radius 1 is 1.33 bits per heavy atom. The first-order valence-corrected chi connectivity index (χ1v) is 5.08. The SMILES string of the molecule is Cc1nc2cc(Cl)cc(Cl)c2c(=O)n1C. The quantitative estimate of drug-likeness (QED) is 0.712. The summed E-state index contributed by atoms with van der Waals surface area (Å²) in [5, 5.41) is 1.23. The molecule has 2 rings (SSSR count). The lowest BCUT2D eigenvalue weighted by Crippen LogP contribution is -2.20. The molecule has 0 aliphatic heterocycles. The van der Waals surface area contributed by atoms with E-state index < -0.39 is 0 Å². The second kappa shape index (κ2) is 3.51. The molecule has 0 spiro atoms. The number of aryl methyl sites for hydroxylation is 1. The molecule has 78 valence electrons. The van der Waals surface area contributed by atoms with Gasteiger partial charge in [0.2, 0.25) is 0 Å². The average Bonchev–Trinajstić information content (AvgIpc) is 2.13. The number of rotatable bonds is 0. The van der Waals surface area contributed by atoms with Crippen LogP contribution in [0.5, 0.6) is 0 Å². The van der Waals surface area contributed by atoms with Crippen LogP contribution in [0.2, 0.25) is 10.0 Å². The van der Waals surface area contributed by atoms with Crippen LogP contribution >= 0.6 is 23.2 Å². The Hall–Kier alpha value is -1.06. The van der Waals surface area contributed by atoms with E-state index in [0.29, 0.717) is 26.8 Å². The summed E-state index contributed by atoms with van der Waals surface area (Å²) in [6, 6.07) is 3.18.